The van der Waals surface area contributed by atoms with Crippen molar-refractivity contribution in [1.82, 2.24) is 0 Å². The summed E-state index contributed by atoms with van der Waals surface area (Å²) < 4.78 is 45.5. The average molecular weight is 483 g/mol. The topological polar surface area (TPSA) is 102 Å². The number of sulfonamides is 1. The Morgan fingerprint density at radius 3 is 2.19 bits per heavy atom. The standard InChI is InChI=1S/C20H16ClFN2O5S2/c1-12(19(25)23-15-8-4-14(22)5-9-15)29-20(26)13-2-6-16(7-3-13)24-31(27,28)18-11-10-17(21)30-18/h2-12,24H,1H3,(H,23,25)/t12-/m0/s1. The van der Waals surface area contributed by atoms with Gasteiger partial charge in [0.2, 0.25) is 0 Å². The van der Waals surface area contributed by atoms with Gasteiger partial charge in [0.15, 0.2) is 6.10 Å². The molecule has 162 valence electrons. The third-order valence-corrected chi connectivity index (χ3v) is 7.06. The van der Waals surface area contributed by atoms with Gasteiger partial charge >= 0.3 is 5.97 Å². The predicted octanol–water partition coefficient (Wildman–Crippen LogP) is 4.53. The number of nitrogens with one attached hydrogen (secondary N) is 2. The summed E-state index contributed by atoms with van der Waals surface area (Å²) in [6.07, 6.45) is -1.11. The molecule has 0 fully saturated rings. The van der Waals surface area contributed by atoms with E-state index in [2.05, 4.69) is 10.0 Å². The second kappa shape index (κ2) is 9.46. The number of amides is 1. The third kappa shape index (κ3) is 6.03. The van der Waals surface area contributed by atoms with Crippen molar-refractivity contribution in [3.05, 3.63) is 76.4 Å². The zero-order valence-corrected chi connectivity index (χ0v) is 18.4. The molecule has 0 aliphatic carbocycles. The van der Waals surface area contributed by atoms with Crippen molar-refractivity contribution in [3.63, 3.8) is 0 Å². The van der Waals surface area contributed by atoms with Crippen LogP contribution in [0.4, 0.5) is 15.8 Å². The number of halogens is 2. The Hall–Kier alpha value is -2.95. The Balaban J connectivity index is 1.59. The molecule has 2 N–H and O–H groups in total. The van der Waals surface area contributed by atoms with E-state index in [9.17, 15) is 22.4 Å². The van der Waals surface area contributed by atoms with Crippen LogP contribution in [0.2, 0.25) is 4.34 Å². The number of ether oxygens (including phenoxy) is 1. The van der Waals surface area contributed by atoms with Crippen molar-refractivity contribution >= 4 is 56.2 Å². The molecule has 0 spiro atoms. The molecule has 1 aromatic heterocycles. The molecule has 0 unspecified atom stereocenters. The zero-order chi connectivity index (χ0) is 22.6. The molecule has 2 aromatic carbocycles. The largest absolute Gasteiger partial charge is 0.449 e. The molecule has 1 amide bonds. The number of hydrogen-bond acceptors (Lipinski definition) is 6. The van der Waals surface area contributed by atoms with Crippen molar-refractivity contribution < 1.29 is 27.1 Å². The van der Waals surface area contributed by atoms with Gasteiger partial charge in [-0.2, -0.15) is 0 Å². The normalized spacial score (nSPS) is 12.1. The highest BCUT2D eigenvalue weighted by Crippen LogP contribution is 2.27. The highest BCUT2D eigenvalue weighted by atomic mass is 35.5. The maximum Gasteiger partial charge on any atom is 0.338 e. The van der Waals surface area contributed by atoms with Crippen molar-refractivity contribution in [3.8, 4) is 0 Å². The number of hydrogen-bond donors (Lipinski definition) is 2. The molecule has 0 saturated heterocycles. The van der Waals surface area contributed by atoms with E-state index in [4.69, 9.17) is 16.3 Å². The molecule has 0 aliphatic rings. The first kappa shape index (κ1) is 22.7. The van der Waals surface area contributed by atoms with Gasteiger partial charge in [-0.1, -0.05) is 11.6 Å². The first-order valence-electron chi connectivity index (χ1n) is 8.80. The molecule has 3 rings (SSSR count). The van der Waals surface area contributed by atoms with Crippen LogP contribution in [0.5, 0.6) is 0 Å². The monoisotopic (exact) mass is 482 g/mol. The average Bonchev–Trinajstić information content (AvgIpc) is 3.17. The fourth-order valence-corrected chi connectivity index (χ4v) is 4.92. The lowest BCUT2D eigenvalue weighted by molar-refractivity contribution is -0.123. The lowest BCUT2D eigenvalue weighted by Crippen LogP contribution is -2.30. The van der Waals surface area contributed by atoms with Crippen LogP contribution in [0.3, 0.4) is 0 Å². The van der Waals surface area contributed by atoms with Crippen LogP contribution in [-0.4, -0.2) is 26.4 Å². The highest BCUT2D eigenvalue weighted by molar-refractivity contribution is 7.94. The number of esters is 1. The van der Waals surface area contributed by atoms with Crippen LogP contribution in [0.1, 0.15) is 17.3 Å². The quantitative estimate of drug-likeness (QED) is 0.482. The Morgan fingerprint density at radius 1 is 1.00 bits per heavy atom. The minimum absolute atomic E-state index is 0.0574. The van der Waals surface area contributed by atoms with Crippen LogP contribution in [0.25, 0.3) is 0 Å². The maximum absolute atomic E-state index is 12.9. The van der Waals surface area contributed by atoms with Gasteiger partial charge in [-0.25, -0.2) is 17.6 Å². The lowest BCUT2D eigenvalue weighted by atomic mass is 10.2. The molecule has 1 atom stereocenters. The Bertz CT molecular complexity index is 1200. The van der Waals surface area contributed by atoms with Crippen LogP contribution < -0.4 is 10.0 Å². The van der Waals surface area contributed by atoms with Crippen LogP contribution in [0, 0.1) is 5.82 Å². The van der Waals surface area contributed by atoms with Crippen LogP contribution in [0.15, 0.2) is 64.9 Å². The summed E-state index contributed by atoms with van der Waals surface area (Å²) in [4.78, 5) is 24.4. The number of rotatable bonds is 7. The van der Waals surface area contributed by atoms with E-state index in [1.807, 2.05) is 0 Å². The van der Waals surface area contributed by atoms with Crippen molar-refractivity contribution in [2.24, 2.45) is 0 Å². The molecular weight excluding hydrogens is 467 g/mol. The van der Waals surface area contributed by atoms with E-state index >= 15 is 0 Å². The van der Waals surface area contributed by atoms with Gasteiger partial charge in [0.1, 0.15) is 10.0 Å². The summed E-state index contributed by atoms with van der Waals surface area (Å²) in [7, 11) is -3.80. The van der Waals surface area contributed by atoms with Gasteiger partial charge in [0.05, 0.1) is 9.90 Å². The Kier molecular flexibility index (Phi) is 6.94. The van der Waals surface area contributed by atoms with Crippen molar-refractivity contribution in [2.45, 2.75) is 17.2 Å². The first-order valence-corrected chi connectivity index (χ1v) is 11.5. The summed E-state index contributed by atoms with van der Waals surface area (Å²) in [6.45, 7) is 1.39. The lowest BCUT2D eigenvalue weighted by Gasteiger charge is -2.14. The molecule has 1 heterocycles. The zero-order valence-electron chi connectivity index (χ0n) is 16.0. The number of carbonyl (C=O) groups excluding carboxylic acids is 2. The molecular formula is C20H16ClFN2O5S2. The highest BCUT2D eigenvalue weighted by Gasteiger charge is 2.20. The molecule has 7 nitrogen and oxygen atoms in total. The fraction of sp³-hybridized carbons (Fsp3) is 0.100. The summed E-state index contributed by atoms with van der Waals surface area (Å²) in [5.74, 6) is -1.79. The second-order valence-corrected chi connectivity index (χ2v) is 9.91. The Labute approximate surface area is 186 Å². The van der Waals surface area contributed by atoms with E-state index in [-0.39, 0.29) is 15.5 Å². The number of anilines is 2. The number of thiophene rings is 1. The molecule has 0 aliphatic heterocycles. The number of carbonyl (C=O) groups is 2. The summed E-state index contributed by atoms with van der Waals surface area (Å²) >= 11 is 6.69. The van der Waals surface area contributed by atoms with Gasteiger partial charge in [-0.3, -0.25) is 9.52 Å². The van der Waals surface area contributed by atoms with Gasteiger partial charge in [0.25, 0.3) is 15.9 Å². The van der Waals surface area contributed by atoms with E-state index in [0.717, 1.165) is 11.3 Å². The fourth-order valence-electron chi connectivity index (χ4n) is 2.38. The molecule has 0 radical (unpaired) electrons. The van der Waals surface area contributed by atoms with E-state index in [0.29, 0.717) is 10.0 Å². The van der Waals surface area contributed by atoms with Gasteiger partial charge < -0.3 is 10.1 Å². The molecule has 31 heavy (non-hydrogen) atoms. The SMILES string of the molecule is C[C@H](OC(=O)c1ccc(NS(=O)(=O)c2ccc(Cl)s2)cc1)C(=O)Nc1ccc(F)cc1. The molecule has 0 bridgehead atoms. The van der Waals surface area contributed by atoms with E-state index in [1.165, 1.54) is 67.6 Å². The van der Waals surface area contributed by atoms with Crippen LogP contribution >= 0.6 is 22.9 Å². The minimum atomic E-state index is -3.80. The number of benzene rings is 2. The smallest absolute Gasteiger partial charge is 0.338 e. The first-order chi connectivity index (χ1) is 14.6. The molecule has 0 saturated carbocycles. The molecule has 3 aromatic rings. The van der Waals surface area contributed by atoms with Crippen LogP contribution in [-0.2, 0) is 19.6 Å². The molecule has 11 heteroatoms. The summed E-state index contributed by atoms with van der Waals surface area (Å²) in [5.41, 5.74) is 0.727. The van der Waals surface area contributed by atoms with E-state index in [1.54, 1.807) is 0 Å². The maximum atomic E-state index is 12.9. The summed E-state index contributed by atoms with van der Waals surface area (Å²) in [6, 6.07) is 13.5. The van der Waals surface area contributed by atoms with E-state index < -0.39 is 33.8 Å². The third-order valence-electron chi connectivity index (χ3n) is 3.95. The second-order valence-electron chi connectivity index (χ2n) is 6.29. The minimum Gasteiger partial charge on any atom is -0.449 e. The van der Waals surface area contributed by atoms with Gasteiger partial charge in [-0.05, 0) is 67.6 Å². The van der Waals surface area contributed by atoms with Gasteiger partial charge in [-0.15, -0.1) is 11.3 Å². The predicted molar refractivity (Wildman–Crippen MR) is 116 cm³/mol. The summed E-state index contributed by atoms with van der Waals surface area (Å²) in [5, 5.41) is 2.51. The van der Waals surface area contributed by atoms with Crippen molar-refractivity contribution in [1.29, 1.82) is 0 Å². The van der Waals surface area contributed by atoms with Gasteiger partial charge in [0, 0.05) is 11.4 Å². The Morgan fingerprint density at radius 2 is 1.61 bits per heavy atom. The van der Waals surface area contributed by atoms with Crippen molar-refractivity contribution in [2.75, 3.05) is 10.0 Å².